The van der Waals surface area contributed by atoms with Gasteiger partial charge in [-0.15, -0.1) is 0 Å². The van der Waals surface area contributed by atoms with Crippen molar-refractivity contribution < 1.29 is 9.90 Å². The minimum atomic E-state index is -0.639. The van der Waals surface area contributed by atoms with E-state index in [1.807, 2.05) is 4.90 Å². The van der Waals surface area contributed by atoms with Crippen LogP contribution < -0.4 is 10.2 Å². The van der Waals surface area contributed by atoms with E-state index in [1.165, 1.54) is 0 Å². The molecule has 2 atom stereocenters. The predicted octanol–water partition coefficient (Wildman–Crippen LogP) is 1.72. The number of nitrogens with zero attached hydrogens (tertiary/aromatic N) is 2. The molecule has 0 bridgehead atoms. The van der Waals surface area contributed by atoms with Gasteiger partial charge in [0.2, 0.25) is 5.91 Å². The molecule has 1 aliphatic rings. The Morgan fingerprint density at radius 3 is 2.90 bits per heavy atom. The molecular weight excluding hydrogens is 266 g/mol. The third-order valence-corrected chi connectivity index (χ3v) is 3.97. The number of carbonyl (C=O) groups excluding carboxylic acids is 1. The van der Waals surface area contributed by atoms with Crippen molar-refractivity contribution in [1.29, 1.82) is 5.26 Å². The van der Waals surface area contributed by atoms with Gasteiger partial charge in [-0.05, 0) is 38.3 Å². The monoisotopic (exact) mass is 287 g/mol. The van der Waals surface area contributed by atoms with Gasteiger partial charge in [-0.3, -0.25) is 4.79 Å². The van der Waals surface area contributed by atoms with Crippen molar-refractivity contribution in [2.24, 2.45) is 0 Å². The first kappa shape index (κ1) is 15.3. The van der Waals surface area contributed by atoms with Gasteiger partial charge in [-0.1, -0.05) is 6.07 Å². The molecule has 0 radical (unpaired) electrons. The lowest BCUT2D eigenvalue weighted by Crippen LogP contribution is -2.49. The van der Waals surface area contributed by atoms with Crippen LogP contribution >= 0.6 is 0 Å². The minimum Gasteiger partial charge on any atom is -0.389 e. The summed E-state index contributed by atoms with van der Waals surface area (Å²) in [6, 6.07) is 7.12. The number of likely N-dealkylation sites (N-methyl/N-ethyl adjacent to an activating group) is 1. The molecule has 5 heteroatoms. The van der Waals surface area contributed by atoms with E-state index in [0.717, 1.165) is 37.1 Å². The van der Waals surface area contributed by atoms with E-state index >= 15 is 0 Å². The quantitative estimate of drug-likeness (QED) is 0.887. The molecule has 112 valence electrons. The average Bonchev–Trinajstić information content (AvgIpc) is 2.53. The van der Waals surface area contributed by atoms with Crippen LogP contribution in [-0.4, -0.2) is 30.6 Å². The van der Waals surface area contributed by atoms with Gasteiger partial charge in [-0.2, -0.15) is 5.26 Å². The number of hydrogen-bond acceptors (Lipinski definition) is 4. The summed E-state index contributed by atoms with van der Waals surface area (Å²) in [6.45, 7) is 2.45. The molecule has 1 aromatic rings. The molecule has 1 unspecified atom stereocenters. The summed E-state index contributed by atoms with van der Waals surface area (Å²) in [7, 11) is 1.64. The topological polar surface area (TPSA) is 76.4 Å². The number of rotatable bonds is 3. The molecule has 1 amide bonds. The summed E-state index contributed by atoms with van der Waals surface area (Å²) >= 11 is 0. The number of hydrogen-bond donors (Lipinski definition) is 2. The lowest BCUT2D eigenvalue weighted by molar-refractivity contribution is -0.122. The molecule has 21 heavy (non-hydrogen) atoms. The highest BCUT2D eigenvalue weighted by atomic mass is 16.3. The highest BCUT2D eigenvalue weighted by Gasteiger charge is 2.30. The molecular formula is C16H21N3O2. The largest absolute Gasteiger partial charge is 0.389 e. The third kappa shape index (κ3) is 3.17. The van der Waals surface area contributed by atoms with Gasteiger partial charge in [0.25, 0.3) is 0 Å². The fraction of sp³-hybridized carbons (Fsp3) is 0.500. The zero-order chi connectivity index (χ0) is 15.4. The first-order valence-electron chi connectivity index (χ1n) is 7.28. The van der Waals surface area contributed by atoms with Crippen LogP contribution in [-0.2, 0) is 4.79 Å². The van der Waals surface area contributed by atoms with Crippen molar-refractivity contribution in [3.63, 3.8) is 0 Å². The molecule has 2 N–H and O–H groups in total. The van der Waals surface area contributed by atoms with E-state index in [1.54, 1.807) is 32.2 Å². The predicted molar refractivity (Wildman–Crippen MR) is 80.8 cm³/mol. The van der Waals surface area contributed by atoms with E-state index in [-0.39, 0.29) is 11.9 Å². The number of carbonyl (C=O) groups is 1. The third-order valence-electron chi connectivity index (χ3n) is 3.97. The SMILES string of the molecule is CNC(=O)C1CCCCN1c1cc(C#N)ccc1[C@H](C)O. The zero-order valence-electron chi connectivity index (χ0n) is 12.5. The molecule has 0 aliphatic carbocycles. The zero-order valence-corrected chi connectivity index (χ0v) is 12.5. The number of benzene rings is 1. The molecule has 2 rings (SSSR count). The number of anilines is 1. The second kappa shape index (κ2) is 6.59. The molecule has 0 aromatic heterocycles. The van der Waals surface area contributed by atoms with E-state index < -0.39 is 6.10 Å². The Kier molecular flexibility index (Phi) is 4.81. The second-order valence-corrected chi connectivity index (χ2v) is 5.38. The van der Waals surface area contributed by atoms with E-state index in [2.05, 4.69) is 11.4 Å². The molecule has 0 spiro atoms. The normalized spacial score (nSPS) is 19.7. The Balaban J connectivity index is 2.46. The van der Waals surface area contributed by atoms with Gasteiger partial charge < -0.3 is 15.3 Å². The smallest absolute Gasteiger partial charge is 0.242 e. The Hall–Kier alpha value is -2.06. The number of nitrogens with one attached hydrogen (secondary N) is 1. The average molecular weight is 287 g/mol. The number of aliphatic hydroxyl groups is 1. The van der Waals surface area contributed by atoms with Crippen molar-refractivity contribution in [2.75, 3.05) is 18.5 Å². The number of piperidine rings is 1. The second-order valence-electron chi connectivity index (χ2n) is 5.38. The van der Waals surface area contributed by atoms with Crippen LogP contribution in [0.5, 0.6) is 0 Å². The highest BCUT2D eigenvalue weighted by molar-refractivity contribution is 5.85. The van der Waals surface area contributed by atoms with E-state index in [9.17, 15) is 9.90 Å². The summed E-state index contributed by atoms with van der Waals surface area (Å²) < 4.78 is 0. The van der Waals surface area contributed by atoms with E-state index in [0.29, 0.717) is 5.56 Å². The van der Waals surface area contributed by atoms with E-state index in [4.69, 9.17) is 5.26 Å². The van der Waals surface area contributed by atoms with Gasteiger partial charge in [0.05, 0.1) is 17.7 Å². The number of amides is 1. The van der Waals surface area contributed by atoms with Crippen molar-refractivity contribution in [3.8, 4) is 6.07 Å². The van der Waals surface area contributed by atoms with Gasteiger partial charge in [0.1, 0.15) is 6.04 Å². The number of nitriles is 1. The van der Waals surface area contributed by atoms with Crippen LogP contribution in [0.15, 0.2) is 18.2 Å². The molecule has 1 fully saturated rings. The van der Waals surface area contributed by atoms with Gasteiger partial charge in [0, 0.05) is 24.8 Å². The van der Waals surface area contributed by atoms with Gasteiger partial charge >= 0.3 is 0 Å². The summed E-state index contributed by atoms with van der Waals surface area (Å²) in [6.07, 6.45) is 2.16. The lowest BCUT2D eigenvalue weighted by Gasteiger charge is -2.37. The maximum atomic E-state index is 12.1. The summed E-state index contributed by atoms with van der Waals surface area (Å²) in [5.41, 5.74) is 2.08. The van der Waals surface area contributed by atoms with Crippen molar-refractivity contribution in [3.05, 3.63) is 29.3 Å². The van der Waals surface area contributed by atoms with Crippen molar-refractivity contribution in [2.45, 2.75) is 38.3 Å². The Morgan fingerprint density at radius 1 is 1.52 bits per heavy atom. The summed E-state index contributed by atoms with van der Waals surface area (Å²) in [5, 5.41) is 21.8. The van der Waals surface area contributed by atoms with Crippen LogP contribution in [0.3, 0.4) is 0 Å². The maximum Gasteiger partial charge on any atom is 0.242 e. The van der Waals surface area contributed by atoms with Gasteiger partial charge in [-0.25, -0.2) is 0 Å². The van der Waals surface area contributed by atoms with Crippen molar-refractivity contribution in [1.82, 2.24) is 5.32 Å². The maximum absolute atomic E-state index is 12.1. The fourth-order valence-electron chi connectivity index (χ4n) is 2.87. The Labute approximate surface area is 125 Å². The Bertz CT molecular complexity index is 563. The molecule has 0 saturated carbocycles. The summed E-state index contributed by atoms with van der Waals surface area (Å²) in [5.74, 6) is -0.0198. The first-order valence-corrected chi connectivity index (χ1v) is 7.28. The van der Waals surface area contributed by atoms with Gasteiger partial charge in [0.15, 0.2) is 0 Å². The van der Waals surface area contributed by atoms with Crippen molar-refractivity contribution >= 4 is 11.6 Å². The lowest BCUT2D eigenvalue weighted by atomic mass is 9.97. The molecule has 1 saturated heterocycles. The molecule has 1 aromatic carbocycles. The molecule has 1 heterocycles. The van der Waals surface area contributed by atoms with Crippen LogP contribution in [0.25, 0.3) is 0 Å². The first-order chi connectivity index (χ1) is 10.1. The highest BCUT2D eigenvalue weighted by Crippen LogP contribution is 2.32. The van der Waals surface area contributed by atoms with Crippen LogP contribution in [0.2, 0.25) is 0 Å². The summed E-state index contributed by atoms with van der Waals surface area (Å²) in [4.78, 5) is 14.1. The van der Waals surface area contributed by atoms with Crippen LogP contribution in [0.1, 0.15) is 43.4 Å². The fourth-order valence-corrected chi connectivity index (χ4v) is 2.87. The van der Waals surface area contributed by atoms with Crippen LogP contribution in [0, 0.1) is 11.3 Å². The molecule has 1 aliphatic heterocycles. The molecule has 5 nitrogen and oxygen atoms in total. The number of aliphatic hydroxyl groups excluding tert-OH is 1. The standard InChI is InChI=1S/C16H21N3O2/c1-11(20)13-7-6-12(10-17)9-15(13)19-8-4-3-5-14(19)16(21)18-2/h6-7,9,11,14,20H,3-5,8H2,1-2H3,(H,18,21)/t11-,14?/m0/s1. The van der Waals surface area contributed by atoms with Crippen LogP contribution in [0.4, 0.5) is 5.69 Å². The Morgan fingerprint density at radius 2 is 2.29 bits per heavy atom. The minimum absolute atomic E-state index is 0.0198.